The first-order chi connectivity index (χ1) is 6.16. The van der Waals surface area contributed by atoms with Gasteiger partial charge in [-0.2, -0.15) is 0 Å². The minimum absolute atomic E-state index is 0.0133. The lowest BCUT2D eigenvalue weighted by Crippen LogP contribution is -2.33. The fraction of sp³-hybridized carbons (Fsp3) is 0.900. The van der Waals surface area contributed by atoms with Gasteiger partial charge in [-0.15, -0.1) is 0 Å². The van der Waals surface area contributed by atoms with Gasteiger partial charge in [0, 0.05) is 16.7 Å². The van der Waals surface area contributed by atoms with E-state index in [4.69, 9.17) is 4.74 Å². The average molecular weight is 200 g/mol. The van der Waals surface area contributed by atoms with Gasteiger partial charge in [0.2, 0.25) is 0 Å². The molecule has 0 amide bonds. The molecule has 1 rings (SSSR count). The summed E-state index contributed by atoms with van der Waals surface area (Å²) in [6, 6.07) is 1.02. The van der Waals surface area contributed by atoms with Crippen LogP contribution in [0.4, 0.5) is 0 Å². The summed E-state index contributed by atoms with van der Waals surface area (Å²) in [5.41, 5.74) is -0.133. The Labute approximate surface area is 83.5 Å². The maximum absolute atomic E-state index is 11.3. The van der Waals surface area contributed by atoms with Crippen molar-refractivity contribution < 1.29 is 9.53 Å². The molecule has 2 nitrogen and oxygen atoms in total. The second-order valence-corrected chi connectivity index (χ2v) is 5.23. The van der Waals surface area contributed by atoms with Gasteiger partial charge in [-0.05, 0) is 32.6 Å². The standard InChI is InChI=1S/C10H20O2Si/c1-10(6-3-2-4-7-10)12-9(11)5-8-13/h2-8H2,1,13H3. The SMILES string of the molecule is CC1(OC(=O)CC[SiH3])CCCCC1. The van der Waals surface area contributed by atoms with Crippen LogP contribution in [0.15, 0.2) is 0 Å². The van der Waals surface area contributed by atoms with E-state index in [-0.39, 0.29) is 11.6 Å². The van der Waals surface area contributed by atoms with Crippen molar-refractivity contribution in [2.45, 2.75) is 57.1 Å². The average Bonchev–Trinajstić information content (AvgIpc) is 2.04. The van der Waals surface area contributed by atoms with Gasteiger partial charge in [0.1, 0.15) is 5.60 Å². The van der Waals surface area contributed by atoms with Gasteiger partial charge in [-0.1, -0.05) is 12.5 Å². The van der Waals surface area contributed by atoms with Gasteiger partial charge < -0.3 is 4.74 Å². The van der Waals surface area contributed by atoms with Crippen molar-refractivity contribution in [1.82, 2.24) is 0 Å². The van der Waals surface area contributed by atoms with Gasteiger partial charge in [-0.3, -0.25) is 4.79 Å². The summed E-state index contributed by atoms with van der Waals surface area (Å²) in [7, 11) is 1.10. The van der Waals surface area contributed by atoms with Crippen molar-refractivity contribution in [1.29, 1.82) is 0 Å². The predicted molar refractivity (Wildman–Crippen MR) is 56.9 cm³/mol. The normalized spacial score (nSPS) is 21.3. The zero-order valence-electron chi connectivity index (χ0n) is 8.77. The van der Waals surface area contributed by atoms with Crippen LogP contribution in [0.1, 0.15) is 45.4 Å². The Balaban J connectivity index is 2.36. The molecule has 1 aliphatic carbocycles. The van der Waals surface area contributed by atoms with Crippen LogP contribution in [0.2, 0.25) is 6.04 Å². The highest BCUT2D eigenvalue weighted by molar-refractivity contribution is 6.09. The Hall–Kier alpha value is -0.313. The zero-order valence-corrected chi connectivity index (χ0v) is 10.8. The van der Waals surface area contributed by atoms with E-state index < -0.39 is 0 Å². The molecule has 0 saturated heterocycles. The molecule has 1 fully saturated rings. The minimum Gasteiger partial charge on any atom is -0.459 e. The number of rotatable bonds is 3. The quantitative estimate of drug-likeness (QED) is 0.509. The number of hydrogen-bond donors (Lipinski definition) is 0. The maximum atomic E-state index is 11.3. The fourth-order valence-electron chi connectivity index (χ4n) is 1.93. The first-order valence-electron chi connectivity index (χ1n) is 5.38. The Morgan fingerprint density at radius 2 is 2.00 bits per heavy atom. The molecular weight excluding hydrogens is 180 g/mol. The second-order valence-electron chi connectivity index (χ2n) is 4.23. The molecule has 0 radical (unpaired) electrons. The first kappa shape index (κ1) is 10.8. The van der Waals surface area contributed by atoms with E-state index in [9.17, 15) is 4.79 Å². The molecule has 3 heteroatoms. The fourth-order valence-corrected chi connectivity index (χ4v) is 2.34. The Bertz CT molecular complexity index is 174. The molecule has 1 saturated carbocycles. The number of ether oxygens (including phenoxy) is 1. The van der Waals surface area contributed by atoms with E-state index in [1.807, 2.05) is 0 Å². The molecule has 0 aromatic heterocycles. The van der Waals surface area contributed by atoms with Crippen LogP contribution in [0.3, 0.4) is 0 Å². The van der Waals surface area contributed by atoms with E-state index in [1.54, 1.807) is 0 Å². The molecule has 0 unspecified atom stereocenters. The molecule has 0 heterocycles. The van der Waals surface area contributed by atoms with Crippen LogP contribution in [0, 0.1) is 0 Å². The van der Waals surface area contributed by atoms with Gasteiger partial charge in [-0.25, -0.2) is 0 Å². The molecule has 0 bridgehead atoms. The maximum Gasteiger partial charge on any atom is 0.306 e. The molecule has 0 aromatic rings. The van der Waals surface area contributed by atoms with E-state index in [0.29, 0.717) is 6.42 Å². The van der Waals surface area contributed by atoms with Crippen LogP contribution in [-0.2, 0) is 9.53 Å². The van der Waals surface area contributed by atoms with Gasteiger partial charge in [0.15, 0.2) is 0 Å². The summed E-state index contributed by atoms with van der Waals surface area (Å²) in [6.45, 7) is 2.08. The topological polar surface area (TPSA) is 26.3 Å². The molecule has 13 heavy (non-hydrogen) atoms. The Morgan fingerprint density at radius 1 is 1.38 bits per heavy atom. The summed E-state index contributed by atoms with van der Waals surface area (Å²) < 4.78 is 5.50. The summed E-state index contributed by atoms with van der Waals surface area (Å²) in [5, 5.41) is 0. The highest BCUT2D eigenvalue weighted by Crippen LogP contribution is 2.31. The number of carbonyl (C=O) groups excluding carboxylic acids is 1. The highest BCUT2D eigenvalue weighted by atomic mass is 28.1. The minimum atomic E-state index is -0.133. The monoisotopic (exact) mass is 200 g/mol. The second kappa shape index (κ2) is 4.79. The van der Waals surface area contributed by atoms with Crippen molar-refractivity contribution in [3.05, 3.63) is 0 Å². The molecule has 1 aliphatic rings. The Kier molecular flexibility index (Phi) is 3.97. The number of esters is 1. The zero-order chi connectivity index (χ0) is 9.73. The van der Waals surface area contributed by atoms with Crippen molar-refractivity contribution in [3.8, 4) is 0 Å². The van der Waals surface area contributed by atoms with Crippen LogP contribution >= 0.6 is 0 Å². The van der Waals surface area contributed by atoms with Crippen molar-refractivity contribution in [2.75, 3.05) is 0 Å². The van der Waals surface area contributed by atoms with Crippen LogP contribution in [0.5, 0.6) is 0 Å². The van der Waals surface area contributed by atoms with Gasteiger partial charge in [0.05, 0.1) is 0 Å². The lowest BCUT2D eigenvalue weighted by Gasteiger charge is -2.33. The van der Waals surface area contributed by atoms with Crippen LogP contribution in [0.25, 0.3) is 0 Å². The number of carbonyl (C=O) groups is 1. The van der Waals surface area contributed by atoms with E-state index in [0.717, 1.165) is 29.1 Å². The lowest BCUT2D eigenvalue weighted by molar-refractivity contribution is -0.160. The third-order valence-electron chi connectivity index (χ3n) is 2.73. The molecule has 0 spiro atoms. The molecule has 0 atom stereocenters. The third kappa shape index (κ3) is 3.51. The molecule has 0 aromatic carbocycles. The van der Waals surface area contributed by atoms with E-state index in [2.05, 4.69) is 6.92 Å². The number of hydrogen-bond acceptors (Lipinski definition) is 2. The van der Waals surface area contributed by atoms with E-state index in [1.165, 1.54) is 19.3 Å². The predicted octanol–water partition coefficient (Wildman–Crippen LogP) is 1.43. The van der Waals surface area contributed by atoms with Crippen molar-refractivity contribution in [2.24, 2.45) is 0 Å². The summed E-state index contributed by atoms with van der Waals surface area (Å²) in [5.74, 6) is 0.0133. The first-order valence-corrected chi connectivity index (χ1v) is 6.79. The van der Waals surface area contributed by atoms with Crippen LogP contribution < -0.4 is 0 Å². The molecule has 0 aliphatic heterocycles. The highest BCUT2D eigenvalue weighted by Gasteiger charge is 2.30. The van der Waals surface area contributed by atoms with Crippen LogP contribution in [-0.4, -0.2) is 21.8 Å². The summed E-state index contributed by atoms with van der Waals surface area (Å²) in [4.78, 5) is 11.3. The van der Waals surface area contributed by atoms with Crippen molar-refractivity contribution in [3.63, 3.8) is 0 Å². The van der Waals surface area contributed by atoms with Crippen molar-refractivity contribution >= 4 is 16.2 Å². The summed E-state index contributed by atoms with van der Waals surface area (Å²) in [6.07, 6.45) is 6.46. The largest absolute Gasteiger partial charge is 0.459 e. The lowest BCUT2D eigenvalue weighted by atomic mass is 9.86. The summed E-state index contributed by atoms with van der Waals surface area (Å²) >= 11 is 0. The molecule has 0 N–H and O–H groups in total. The molecular formula is C10H20O2Si. The smallest absolute Gasteiger partial charge is 0.306 e. The van der Waals surface area contributed by atoms with Gasteiger partial charge in [0.25, 0.3) is 0 Å². The van der Waals surface area contributed by atoms with E-state index >= 15 is 0 Å². The molecule has 76 valence electrons. The third-order valence-corrected chi connectivity index (χ3v) is 3.23. The van der Waals surface area contributed by atoms with Gasteiger partial charge >= 0.3 is 5.97 Å². The Morgan fingerprint density at radius 3 is 2.54 bits per heavy atom.